The van der Waals surface area contributed by atoms with E-state index in [2.05, 4.69) is 0 Å². The lowest BCUT2D eigenvalue weighted by atomic mass is 9.83. The van der Waals surface area contributed by atoms with E-state index in [1.165, 1.54) is 19.3 Å². The molecule has 0 spiro atoms. The molecule has 2 fully saturated rings. The smallest absolute Gasteiger partial charge is 0.410 e. The van der Waals surface area contributed by atoms with E-state index in [1.807, 2.05) is 42.2 Å². The molecule has 1 aromatic carbocycles. The third kappa shape index (κ3) is 5.01. The number of ether oxygens (including phenoxy) is 1. The maximum absolute atomic E-state index is 12.8. The Morgan fingerprint density at radius 3 is 2.52 bits per heavy atom. The molecule has 3 rings (SSSR count). The molecule has 148 valence electrons. The van der Waals surface area contributed by atoms with Gasteiger partial charge in [-0.3, -0.25) is 4.79 Å². The first-order valence-electron chi connectivity index (χ1n) is 10.1. The van der Waals surface area contributed by atoms with Gasteiger partial charge in [0, 0.05) is 25.7 Å². The highest BCUT2D eigenvalue weighted by molar-refractivity contribution is 5.82. The van der Waals surface area contributed by atoms with Gasteiger partial charge in [-0.25, -0.2) is 4.79 Å². The van der Waals surface area contributed by atoms with E-state index in [-0.39, 0.29) is 24.6 Å². The second-order valence-corrected chi connectivity index (χ2v) is 7.79. The third-order valence-electron chi connectivity index (χ3n) is 5.82. The molecule has 0 bridgehead atoms. The van der Waals surface area contributed by atoms with E-state index < -0.39 is 6.04 Å². The summed E-state index contributed by atoms with van der Waals surface area (Å²) in [6.07, 6.45) is 5.36. The number of amides is 2. The highest BCUT2D eigenvalue weighted by atomic mass is 16.6. The van der Waals surface area contributed by atoms with Gasteiger partial charge in [-0.15, -0.1) is 0 Å². The van der Waals surface area contributed by atoms with Crippen LogP contribution < -0.4 is 5.73 Å². The molecule has 2 N–H and O–H groups in total. The molecular weight excluding hydrogens is 342 g/mol. The Bertz CT molecular complexity index is 631. The Balaban J connectivity index is 1.49. The molecule has 1 saturated carbocycles. The molecule has 1 saturated heterocycles. The van der Waals surface area contributed by atoms with Crippen molar-refractivity contribution >= 4 is 12.0 Å². The first-order chi connectivity index (χ1) is 13.1. The van der Waals surface area contributed by atoms with Crippen LogP contribution in [0, 0.1) is 5.92 Å². The second-order valence-electron chi connectivity index (χ2n) is 7.79. The first-order valence-corrected chi connectivity index (χ1v) is 10.1. The molecule has 27 heavy (non-hydrogen) atoms. The average molecular weight is 373 g/mol. The van der Waals surface area contributed by atoms with Crippen LogP contribution in [0.1, 0.15) is 44.6 Å². The Morgan fingerprint density at radius 2 is 1.85 bits per heavy atom. The van der Waals surface area contributed by atoms with Crippen LogP contribution >= 0.6 is 0 Å². The summed E-state index contributed by atoms with van der Waals surface area (Å²) in [6.45, 7) is 3.73. The van der Waals surface area contributed by atoms with Gasteiger partial charge >= 0.3 is 6.09 Å². The molecule has 2 aliphatic rings. The van der Waals surface area contributed by atoms with E-state index in [0.717, 1.165) is 18.4 Å². The summed E-state index contributed by atoms with van der Waals surface area (Å²) in [5.41, 5.74) is 7.24. The zero-order valence-corrected chi connectivity index (χ0v) is 16.2. The number of piperazine rings is 1. The molecular formula is C21H31N3O3. The molecule has 6 nitrogen and oxygen atoms in total. The maximum Gasteiger partial charge on any atom is 0.410 e. The van der Waals surface area contributed by atoms with Gasteiger partial charge in [0.25, 0.3) is 0 Å². The molecule has 1 aliphatic carbocycles. The summed E-state index contributed by atoms with van der Waals surface area (Å²) in [7, 11) is 0. The van der Waals surface area contributed by atoms with Crippen LogP contribution in [0.25, 0.3) is 0 Å². The van der Waals surface area contributed by atoms with Crippen molar-refractivity contribution in [2.75, 3.05) is 19.6 Å². The summed E-state index contributed by atoms with van der Waals surface area (Å²) in [5, 5.41) is 0. The van der Waals surface area contributed by atoms with Crippen LogP contribution in [0.4, 0.5) is 4.79 Å². The summed E-state index contributed by atoms with van der Waals surface area (Å²) in [4.78, 5) is 28.7. The number of hydrogen-bond acceptors (Lipinski definition) is 4. The van der Waals surface area contributed by atoms with E-state index in [0.29, 0.717) is 25.6 Å². The predicted molar refractivity (Wildman–Crippen MR) is 104 cm³/mol. The molecule has 0 radical (unpaired) electrons. The number of carbonyl (C=O) groups excluding carboxylic acids is 2. The fourth-order valence-corrected chi connectivity index (χ4v) is 4.14. The minimum Gasteiger partial charge on any atom is -0.445 e. The van der Waals surface area contributed by atoms with Crippen LogP contribution in [-0.4, -0.2) is 53.5 Å². The molecule has 6 heteroatoms. The number of nitrogens with two attached hydrogens (primary N) is 1. The van der Waals surface area contributed by atoms with E-state index in [1.54, 1.807) is 4.90 Å². The highest BCUT2D eigenvalue weighted by Crippen LogP contribution is 2.27. The molecule has 0 aromatic heterocycles. The van der Waals surface area contributed by atoms with Crippen molar-refractivity contribution in [1.82, 2.24) is 9.80 Å². The van der Waals surface area contributed by atoms with Crippen molar-refractivity contribution in [3.05, 3.63) is 35.9 Å². The summed E-state index contributed by atoms with van der Waals surface area (Å²) in [5.74, 6) is 0.335. The average Bonchev–Trinajstić information content (AvgIpc) is 2.72. The standard InChI is InChI=1S/C21H31N3O3/c1-16-14-23(20(25)19(22)18-10-6-3-7-11-18)12-13-24(16)21(26)27-15-17-8-4-2-5-9-17/h2,4-5,8-9,16,18-19H,3,6-7,10-15,22H2,1H3/t16-,19?/m0/s1. The Kier molecular flexibility index (Phi) is 6.72. The van der Waals surface area contributed by atoms with Crippen molar-refractivity contribution in [3.8, 4) is 0 Å². The van der Waals surface area contributed by atoms with E-state index >= 15 is 0 Å². The highest BCUT2D eigenvalue weighted by Gasteiger charge is 2.35. The van der Waals surface area contributed by atoms with E-state index in [9.17, 15) is 9.59 Å². The maximum atomic E-state index is 12.8. The molecule has 1 heterocycles. The minimum atomic E-state index is -0.408. The monoisotopic (exact) mass is 373 g/mol. The lowest BCUT2D eigenvalue weighted by Gasteiger charge is -2.41. The quantitative estimate of drug-likeness (QED) is 0.880. The van der Waals surface area contributed by atoms with Gasteiger partial charge in [-0.05, 0) is 31.2 Å². The van der Waals surface area contributed by atoms with Gasteiger partial charge in [-0.2, -0.15) is 0 Å². The normalized spacial score (nSPS) is 22.4. The van der Waals surface area contributed by atoms with Crippen molar-refractivity contribution in [1.29, 1.82) is 0 Å². The fourth-order valence-electron chi connectivity index (χ4n) is 4.14. The predicted octanol–water partition coefficient (Wildman–Crippen LogP) is 2.76. The largest absolute Gasteiger partial charge is 0.445 e. The van der Waals surface area contributed by atoms with Crippen LogP contribution in [0.5, 0.6) is 0 Å². The first kappa shape index (κ1) is 19.7. The Labute approximate surface area is 161 Å². The summed E-state index contributed by atoms with van der Waals surface area (Å²) >= 11 is 0. The minimum absolute atomic E-state index is 0.0334. The van der Waals surface area contributed by atoms with Crippen molar-refractivity contribution in [2.24, 2.45) is 11.7 Å². The van der Waals surface area contributed by atoms with Crippen molar-refractivity contribution in [3.63, 3.8) is 0 Å². The van der Waals surface area contributed by atoms with Crippen LogP contribution in [0.15, 0.2) is 30.3 Å². The SMILES string of the molecule is C[C@H]1CN(C(=O)C(N)C2CCCCC2)CCN1C(=O)OCc1ccccc1. The van der Waals surface area contributed by atoms with Crippen LogP contribution in [-0.2, 0) is 16.1 Å². The number of benzene rings is 1. The number of nitrogens with zero attached hydrogens (tertiary/aromatic N) is 2. The van der Waals surface area contributed by atoms with Gasteiger partial charge in [0.05, 0.1) is 6.04 Å². The van der Waals surface area contributed by atoms with Crippen LogP contribution in [0.2, 0.25) is 0 Å². The lowest BCUT2D eigenvalue weighted by molar-refractivity contribution is -0.136. The number of carbonyl (C=O) groups is 2. The number of rotatable bonds is 4. The molecule has 1 aromatic rings. The molecule has 2 amide bonds. The Hall–Kier alpha value is -2.08. The molecule has 2 atom stereocenters. The van der Waals surface area contributed by atoms with Gasteiger partial charge in [0.15, 0.2) is 0 Å². The zero-order chi connectivity index (χ0) is 19.2. The van der Waals surface area contributed by atoms with Crippen molar-refractivity contribution in [2.45, 2.75) is 57.7 Å². The van der Waals surface area contributed by atoms with Crippen LogP contribution in [0.3, 0.4) is 0 Å². The van der Waals surface area contributed by atoms with Gasteiger partial charge in [-0.1, -0.05) is 49.6 Å². The Morgan fingerprint density at radius 1 is 1.15 bits per heavy atom. The van der Waals surface area contributed by atoms with Crippen molar-refractivity contribution < 1.29 is 14.3 Å². The molecule has 1 unspecified atom stereocenters. The van der Waals surface area contributed by atoms with Gasteiger partial charge < -0.3 is 20.3 Å². The van der Waals surface area contributed by atoms with Gasteiger partial charge in [0.1, 0.15) is 6.61 Å². The third-order valence-corrected chi connectivity index (χ3v) is 5.82. The van der Waals surface area contributed by atoms with E-state index in [4.69, 9.17) is 10.5 Å². The zero-order valence-electron chi connectivity index (χ0n) is 16.2. The topological polar surface area (TPSA) is 75.9 Å². The fraction of sp³-hybridized carbons (Fsp3) is 0.619. The second kappa shape index (κ2) is 9.22. The van der Waals surface area contributed by atoms with Gasteiger partial charge in [0.2, 0.25) is 5.91 Å². The summed E-state index contributed by atoms with van der Waals surface area (Å²) in [6, 6.07) is 9.15. The summed E-state index contributed by atoms with van der Waals surface area (Å²) < 4.78 is 5.44. The molecule has 1 aliphatic heterocycles. The number of hydrogen-bond donors (Lipinski definition) is 1. The lowest BCUT2D eigenvalue weighted by Crippen LogP contribution is -2.59.